The summed E-state index contributed by atoms with van der Waals surface area (Å²) >= 11 is 12.4. The summed E-state index contributed by atoms with van der Waals surface area (Å²) in [6.07, 6.45) is 7.30. The molecule has 0 spiro atoms. The fraction of sp³-hybridized carbons (Fsp3) is 0.255. The molecule has 13 nitrogen and oxygen atoms in total. The first kappa shape index (κ1) is 44.3. The third-order valence-electron chi connectivity index (χ3n) is 12.7. The molecule has 10 rings (SSSR count). The summed E-state index contributed by atoms with van der Waals surface area (Å²) in [5.74, 6) is -0.000963. The van der Waals surface area contributed by atoms with E-state index < -0.39 is 23.0 Å². The van der Waals surface area contributed by atoms with Crippen LogP contribution in [0, 0.1) is 0 Å². The second-order valence-corrected chi connectivity index (χ2v) is 18.1. The van der Waals surface area contributed by atoms with Gasteiger partial charge in [0, 0.05) is 31.4 Å². The first-order valence-electron chi connectivity index (χ1n) is 21.8. The van der Waals surface area contributed by atoms with Gasteiger partial charge in [-0.15, -0.1) is 0 Å². The number of ether oxygens (including phenoxy) is 1. The molecule has 4 fully saturated rings. The molecule has 2 saturated carbocycles. The van der Waals surface area contributed by atoms with Crippen LogP contribution in [0.4, 0.5) is 11.6 Å². The van der Waals surface area contributed by atoms with Crippen LogP contribution in [0.3, 0.4) is 0 Å². The normalized spacial score (nSPS) is 17.6. The Morgan fingerprint density at radius 2 is 1.06 bits per heavy atom. The van der Waals surface area contributed by atoms with Gasteiger partial charge in [-0.25, -0.2) is 19.6 Å². The second kappa shape index (κ2) is 18.5. The fourth-order valence-corrected chi connectivity index (χ4v) is 9.00. The van der Waals surface area contributed by atoms with Gasteiger partial charge >= 0.3 is 11.9 Å². The number of nitrogens with one attached hydrogen (secondary N) is 2. The molecule has 4 heterocycles. The van der Waals surface area contributed by atoms with E-state index in [0.29, 0.717) is 51.8 Å². The maximum absolute atomic E-state index is 13.4. The lowest BCUT2D eigenvalue weighted by molar-refractivity contribution is 0.0686. The number of carboxylic acid groups (broad SMARTS) is 2. The third kappa shape index (κ3) is 9.68. The highest BCUT2D eigenvalue weighted by molar-refractivity contribution is 6.31. The average Bonchev–Trinajstić information content (AvgIpc) is 4.24. The number of amides is 2. The lowest BCUT2D eigenvalue weighted by Gasteiger charge is -2.40. The monoisotopic (exact) mass is 924 g/mol. The number of halogens is 2. The minimum atomic E-state index is -0.978. The van der Waals surface area contributed by atoms with E-state index in [1.165, 1.54) is 11.8 Å². The number of aromatic nitrogens is 2. The Hall–Kier alpha value is -6.96. The van der Waals surface area contributed by atoms with Gasteiger partial charge in [-0.2, -0.15) is 0 Å². The maximum Gasteiger partial charge on any atom is 0.335 e. The summed E-state index contributed by atoms with van der Waals surface area (Å²) in [6, 6.07) is 36.7. The van der Waals surface area contributed by atoms with Gasteiger partial charge in [0.2, 0.25) is 0 Å². The molecule has 0 bridgehead atoms. The number of para-hydroxylation sites is 1. The van der Waals surface area contributed by atoms with E-state index in [1.54, 1.807) is 66.9 Å². The zero-order chi connectivity index (χ0) is 46.0. The van der Waals surface area contributed by atoms with E-state index in [2.05, 4.69) is 49.8 Å². The lowest BCUT2D eigenvalue weighted by Crippen LogP contribution is -2.55. The van der Waals surface area contributed by atoms with E-state index >= 15 is 0 Å². The number of carbonyl (C=O) groups is 4. The van der Waals surface area contributed by atoms with Crippen molar-refractivity contribution >= 4 is 58.6 Å². The maximum atomic E-state index is 13.4. The number of anilines is 2. The lowest BCUT2D eigenvalue weighted by atomic mass is 9.99. The van der Waals surface area contributed by atoms with Gasteiger partial charge in [-0.1, -0.05) is 96.0 Å². The van der Waals surface area contributed by atoms with Gasteiger partial charge in [0.1, 0.15) is 23.5 Å². The molecule has 2 saturated heterocycles. The van der Waals surface area contributed by atoms with Gasteiger partial charge in [-0.05, 0) is 97.3 Å². The van der Waals surface area contributed by atoms with Crippen molar-refractivity contribution in [3.8, 4) is 5.75 Å². The van der Waals surface area contributed by atoms with Crippen molar-refractivity contribution in [2.45, 2.75) is 55.2 Å². The van der Waals surface area contributed by atoms with Crippen LogP contribution in [-0.4, -0.2) is 76.2 Å². The largest absolute Gasteiger partial charge is 0.487 e. The SMILES string of the molecule is O=C(O)c1ccc(C2(NC(=O)c3cc(Cl)cnc3N3CC(Oc4ccccc4)C3)CC2)cc1.O=C(O)c1ccc(C2(NC(=O)c3cc(Cl)cnc3N3CCC(c4ccccc4)C3)CC2)cc1. The van der Waals surface area contributed by atoms with Gasteiger partial charge in [0.15, 0.2) is 0 Å². The van der Waals surface area contributed by atoms with Crippen molar-refractivity contribution in [1.82, 2.24) is 20.6 Å². The number of aromatic carboxylic acids is 2. The Morgan fingerprint density at radius 1 is 0.606 bits per heavy atom. The predicted molar refractivity (Wildman–Crippen MR) is 251 cm³/mol. The Labute approximate surface area is 391 Å². The molecule has 336 valence electrons. The highest BCUT2D eigenvalue weighted by Gasteiger charge is 2.47. The summed E-state index contributed by atoms with van der Waals surface area (Å²) in [7, 11) is 0. The molecule has 2 aliphatic carbocycles. The number of carboxylic acids is 2. The standard InChI is InChI=1S/C26H24ClN3O3.C25H22ClN3O4/c27-21-14-22(23(28-15-21)30-13-10-19(16-30)17-4-2-1-3-5-17)24(31)29-26(11-12-26)20-8-6-18(7-9-20)25(32)33;26-18-12-21(22(27-13-18)29-14-20(15-29)33-19-4-2-1-3-5-19)23(30)28-25(10-11-25)17-8-6-16(7-9-17)24(31)32/h1-9,14-15,19H,10-13,16H2,(H,29,31)(H,32,33);1-9,12-13,20H,10-11,14-15H2,(H,28,30)(H,31,32). The smallest absolute Gasteiger partial charge is 0.335 e. The number of hydrogen-bond acceptors (Lipinski definition) is 9. The topological polar surface area (TPSA) is 174 Å². The molecule has 15 heteroatoms. The molecule has 2 aromatic heterocycles. The van der Waals surface area contributed by atoms with Crippen molar-refractivity contribution in [3.05, 3.63) is 183 Å². The first-order valence-corrected chi connectivity index (χ1v) is 22.5. The van der Waals surface area contributed by atoms with E-state index in [4.69, 9.17) is 38.2 Å². The Kier molecular flexibility index (Phi) is 12.4. The van der Waals surface area contributed by atoms with Gasteiger partial charge < -0.3 is 35.4 Å². The number of rotatable bonds is 13. The fourth-order valence-electron chi connectivity index (χ4n) is 8.68. The Morgan fingerprint density at radius 3 is 1.52 bits per heavy atom. The zero-order valence-corrected chi connectivity index (χ0v) is 37.2. The molecular formula is C51H46Cl2N6O7. The average molecular weight is 926 g/mol. The summed E-state index contributed by atoms with van der Waals surface area (Å²) in [5.41, 5.74) is 3.42. The number of nitrogens with zero attached hydrogens (tertiary/aromatic N) is 4. The molecule has 1 unspecified atom stereocenters. The van der Waals surface area contributed by atoms with E-state index in [-0.39, 0.29) is 29.0 Å². The van der Waals surface area contributed by atoms with Crippen LogP contribution in [0.1, 0.15) is 96.1 Å². The molecule has 4 aromatic carbocycles. The predicted octanol–water partition coefficient (Wildman–Crippen LogP) is 8.97. The van der Waals surface area contributed by atoms with Crippen LogP contribution >= 0.6 is 23.2 Å². The van der Waals surface area contributed by atoms with E-state index in [9.17, 15) is 19.2 Å². The van der Waals surface area contributed by atoms with E-state index in [0.717, 1.165) is 62.1 Å². The summed E-state index contributed by atoms with van der Waals surface area (Å²) in [6.45, 7) is 2.84. The quantitative estimate of drug-likeness (QED) is 0.0871. The van der Waals surface area contributed by atoms with Crippen LogP contribution < -0.4 is 25.2 Å². The third-order valence-corrected chi connectivity index (χ3v) is 13.1. The first-order chi connectivity index (χ1) is 31.9. The molecule has 1 atom stereocenters. The highest BCUT2D eigenvalue weighted by Crippen LogP contribution is 2.47. The number of carbonyl (C=O) groups excluding carboxylic acids is 2. The van der Waals surface area contributed by atoms with Crippen LogP contribution in [0.5, 0.6) is 5.75 Å². The number of benzene rings is 4. The van der Waals surface area contributed by atoms with Gasteiger partial charge in [-0.3, -0.25) is 9.59 Å². The van der Waals surface area contributed by atoms with Crippen molar-refractivity contribution in [2.75, 3.05) is 36.0 Å². The number of pyridine rings is 2. The van der Waals surface area contributed by atoms with Crippen LogP contribution in [0.15, 0.2) is 134 Å². The van der Waals surface area contributed by atoms with Gasteiger partial charge in [0.05, 0.1) is 56.5 Å². The minimum absolute atomic E-state index is 0.0170. The van der Waals surface area contributed by atoms with Crippen LogP contribution in [0.2, 0.25) is 10.0 Å². The zero-order valence-electron chi connectivity index (χ0n) is 35.7. The molecular weight excluding hydrogens is 880 g/mol. The molecule has 0 radical (unpaired) electrons. The van der Waals surface area contributed by atoms with Crippen LogP contribution in [0.25, 0.3) is 0 Å². The number of hydrogen-bond donors (Lipinski definition) is 4. The highest BCUT2D eigenvalue weighted by atomic mass is 35.5. The van der Waals surface area contributed by atoms with Crippen molar-refractivity contribution in [2.24, 2.45) is 0 Å². The van der Waals surface area contributed by atoms with Crippen molar-refractivity contribution in [1.29, 1.82) is 0 Å². The molecule has 6 aromatic rings. The molecule has 4 aliphatic rings. The summed E-state index contributed by atoms with van der Waals surface area (Å²) in [4.78, 5) is 62.1. The molecule has 66 heavy (non-hydrogen) atoms. The van der Waals surface area contributed by atoms with E-state index in [1.807, 2.05) is 41.3 Å². The molecule has 4 N–H and O–H groups in total. The summed E-state index contributed by atoms with van der Waals surface area (Å²) in [5, 5.41) is 25.4. The molecule has 2 amide bonds. The minimum Gasteiger partial charge on any atom is -0.487 e. The van der Waals surface area contributed by atoms with Crippen molar-refractivity contribution in [3.63, 3.8) is 0 Å². The van der Waals surface area contributed by atoms with Gasteiger partial charge in [0.25, 0.3) is 11.8 Å². The molecule has 2 aliphatic heterocycles. The summed E-state index contributed by atoms with van der Waals surface area (Å²) < 4.78 is 5.96. The van der Waals surface area contributed by atoms with Crippen LogP contribution in [-0.2, 0) is 11.1 Å². The van der Waals surface area contributed by atoms with Crippen molar-refractivity contribution < 1.29 is 34.1 Å². The second-order valence-electron chi connectivity index (χ2n) is 17.2. The Balaban J connectivity index is 0.000000166. The Bertz CT molecular complexity index is 2760.